The molecule has 0 aliphatic heterocycles. The molecule has 0 spiro atoms. The molecule has 5 nitrogen and oxygen atoms in total. The van der Waals surface area contributed by atoms with Crippen LogP contribution >= 0.6 is 0 Å². The SMILES string of the molecule is Cc1ccc(NC(=O)c2cccc(C(=O)Nc3ccccc3)n2)c(C)c1. The van der Waals surface area contributed by atoms with Gasteiger partial charge in [0.25, 0.3) is 11.8 Å². The summed E-state index contributed by atoms with van der Waals surface area (Å²) >= 11 is 0. The number of amides is 2. The molecule has 1 aromatic heterocycles. The van der Waals surface area contributed by atoms with Crippen LogP contribution in [0.2, 0.25) is 0 Å². The number of benzene rings is 2. The van der Waals surface area contributed by atoms with E-state index in [4.69, 9.17) is 0 Å². The van der Waals surface area contributed by atoms with Crippen LogP contribution in [-0.4, -0.2) is 16.8 Å². The summed E-state index contributed by atoms with van der Waals surface area (Å²) in [5.41, 5.74) is 3.85. The van der Waals surface area contributed by atoms with Crippen molar-refractivity contribution < 1.29 is 9.59 Å². The molecule has 0 bridgehead atoms. The van der Waals surface area contributed by atoms with E-state index < -0.39 is 0 Å². The fourth-order valence-corrected chi connectivity index (χ4v) is 2.54. The van der Waals surface area contributed by atoms with Crippen molar-refractivity contribution in [2.24, 2.45) is 0 Å². The first kappa shape index (κ1) is 17.4. The Hall–Kier alpha value is -3.47. The van der Waals surface area contributed by atoms with Gasteiger partial charge in [0.15, 0.2) is 0 Å². The van der Waals surface area contributed by atoms with Gasteiger partial charge < -0.3 is 10.6 Å². The predicted octanol–water partition coefficient (Wildman–Crippen LogP) is 4.20. The highest BCUT2D eigenvalue weighted by Crippen LogP contribution is 2.17. The molecule has 130 valence electrons. The zero-order chi connectivity index (χ0) is 18.5. The lowest BCUT2D eigenvalue weighted by molar-refractivity contribution is 0.101. The zero-order valence-electron chi connectivity index (χ0n) is 14.6. The van der Waals surface area contributed by atoms with Crippen molar-refractivity contribution in [3.05, 3.63) is 89.2 Å². The second-order valence-corrected chi connectivity index (χ2v) is 6.00. The molecule has 5 heteroatoms. The normalized spacial score (nSPS) is 10.2. The molecule has 2 amide bonds. The number of hydrogen-bond acceptors (Lipinski definition) is 3. The molecule has 0 aliphatic carbocycles. The maximum absolute atomic E-state index is 12.5. The Morgan fingerprint density at radius 1 is 0.769 bits per heavy atom. The number of pyridine rings is 1. The Kier molecular flexibility index (Phi) is 5.08. The van der Waals surface area contributed by atoms with Gasteiger partial charge in [-0.2, -0.15) is 0 Å². The Morgan fingerprint density at radius 3 is 2.08 bits per heavy atom. The third kappa shape index (κ3) is 4.13. The first-order valence-corrected chi connectivity index (χ1v) is 8.25. The lowest BCUT2D eigenvalue weighted by Gasteiger charge is -2.10. The average molecular weight is 345 g/mol. The van der Waals surface area contributed by atoms with Crippen molar-refractivity contribution in [3.63, 3.8) is 0 Å². The van der Waals surface area contributed by atoms with Crippen LogP contribution in [0.3, 0.4) is 0 Å². The first-order valence-electron chi connectivity index (χ1n) is 8.25. The van der Waals surface area contributed by atoms with Crippen LogP contribution in [0.15, 0.2) is 66.7 Å². The van der Waals surface area contributed by atoms with E-state index in [1.54, 1.807) is 30.3 Å². The Bertz CT molecular complexity index is 952. The number of rotatable bonds is 4. The van der Waals surface area contributed by atoms with Crippen molar-refractivity contribution in [2.75, 3.05) is 10.6 Å². The van der Waals surface area contributed by atoms with Gasteiger partial charge in [-0.15, -0.1) is 0 Å². The largest absolute Gasteiger partial charge is 0.321 e. The smallest absolute Gasteiger partial charge is 0.274 e. The minimum absolute atomic E-state index is 0.183. The molecule has 1 heterocycles. The van der Waals surface area contributed by atoms with Crippen LogP contribution in [0.1, 0.15) is 32.1 Å². The standard InChI is InChI=1S/C21H19N3O2/c1-14-11-12-17(15(2)13-14)24-21(26)19-10-6-9-18(23-19)20(25)22-16-7-4-3-5-8-16/h3-13H,1-2H3,(H,22,25)(H,24,26). The van der Waals surface area contributed by atoms with E-state index in [-0.39, 0.29) is 23.2 Å². The van der Waals surface area contributed by atoms with E-state index in [0.717, 1.165) is 16.8 Å². The van der Waals surface area contributed by atoms with Gasteiger partial charge >= 0.3 is 0 Å². The topological polar surface area (TPSA) is 71.1 Å². The van der Waals surface area contributed by atoms with E-state index in [1.807, 2.05) is 50.2 Å². The average Bonchev–Trinajstić information content (AvgIpc) is 2.65. The molecule has 0 saturated carbocycles. The summed E-state index contributed by atoms with van der Waals surface area (Å²) in [6, 6.07) is 19.7. The van der Waals surface area contributed by atoms with Crippen molar-refractivity contribution in [3.8, 4) is 0 Å². The number of aryl methyl sites for hydroxylation is 2. The van der Waals surface area contributed by atoms with Gasteiger partial charge in [-0.25, -0.2) is 4.98 Å². The van der Waals surface area contributed by atoms with Crippen LogP contribution < -0.4 is 10.6 Å². The summed E-state index contributed by atoms with van der Waals surface area (Å²) in [6.07, 6.45) is 0. The third-order valence-corrected chi connectivity index (χ3v) is 3.88. The van der Waals surface area contributed by atoms with Gasteiger partial charge in [0.2, 0.25) is 0 Å². The molecule has 0 radical (unpaired) electrons. The van der Waals surface area contributed by atoms with Gasteiger partial charge in [-0.05, 0) is 49.7 Å². The second-order valence-electron chi connectivity index (χ2n) is 6.00. The van der Waals surface area contributed by atoms with Crippen molar-refractivity contribution in [1.82, 2.24) is 4.98 Å². The third-order valence-electron chi connectivity index (χ3n) is 3.88. The molecule has 0 fully saturated rings. The summed E-state index contributed by atoms with van der Waals surface area (Å²) in [7, 11) is 0. The van der Waals surface area contributed by atoms with Crippen molar-refractivity contribution in [2.45, 2.75) is 13.8 Å². The van der Waals surface area contributed by atoms with E-state index in [9.17, 15) is 9.59 Å². The number of nitrogens with zero attached hydrogens (tertiary/aromatic N) is 1. The lowest BCUT2D eigenvalue weighted by atomic mass is 10.1. The number of carbonyl (C=O) groups is 2. The fraction of sp³-hybridized carbons (Fsp3) is 0.0952. The zero-order valence-corrected chi connectivity index (χ0v) is 14.6. The summed E-state index contributed by atoms with van der Waals surface area (Å²) in [5, 5.41) is 5.59. The number of nitrogens with one attached hydrogen (secondary N) is 2. The molecule has 0 unspecified atom stereocenters. The highest BCUT2D eigenvalue weighted by atomic mass is 16.2. The molecule has 2 aromatic carbocycles. The van der Waals surface area contributed by atoms with Crippen molar-refractivity contribution in [1.29, 1.82) is 0 Å². The number of aromatic nitrogens is 1. The monoisotopic (exact) mass is 345 g/mol. The summed E-state index contributed by atoms with van der Waals surface area (Å²) in [5.74, 6) is -0.719. The molecule has 0 saturated heterocycles. The van der Waals surface area contributed by atoms with Crippen LogP contribution in [0, 0.1) is 13.8 Å². The molecule has 26 heavy (non-hydrogen) atoms. The molecule has 0 aliphatic rings. The van der Waals surface area contributed by atoms with Crippen LogP contribution in [0.25, 0.3) is 0 Å². The maximum atomic E-state index is 12.5. The van der Waals surface area contributed by atoms with E-state index in [1.165, 1.54) is 0 Å². The van der Waals surface area contributed by atoms with E-state index >= 15 is 0 Å². The van der Waals surface area contributed by atoms with Gasteiger partial charge in [-0.3, -0.25) is 9.59 Å². The van der Waals surface area contributed by atoms with Crippen molar-refractivity contribution >= 4 is 23.2 Å². The summed E-state index contributed by atoms with van der Waals surface area (Å²) in [4.78, 5) is 29.0. The molecular formula is C21H19N3O2. The molecule has 0 atom stereocenters. The Labute approximate surface area is 152 Å². The molecule has 2 N–H and O–H groups in total. The number of hydrogen-bond donors (Lipinski definition) is 2. The second kappa shape index (κ2) is 7.61. The minimum Gasteiger partial charge on any atom is -0.321 e. The predicted molar refractivity (Wildman–Crippen MR) is 103 cm³/mol. The van der Waals surface area contributed by atoms with E-state index in [2.05, 4.69) is 15.6 Å². The highest BCUT2D eigenvalue weighted by Gasteiger charge is 2.13. The van der Waals surface area contributed by atoms with Gasteiger partial charge in [0, 0.05) is 11.4 Å². The summed E-state index contributed by atoms with van der Waals surface area (Å²) < 4.78 is 0. The summed E-state index contributed by atoms with van der Waals surface area (Å²) in [6.45, 7) is 3.93. The lowest BCUT2D eigenvalue weighted by Crippen LogP contribution is -2.18. The fourth-order valence-electron chi connectivity index (χ4n) is 2.54. The molecule has 3 rings (SSSR count). The Morgan fingerprint density at radius 2 is 1.42 bits per heavy atom. The quantitative estimate of drug-likeness (QED) is 0.744. The number of para-hydroxylation sites is 1. The van der Waals surface area contributed by atoms with Crippen LogP contribution in [0.5, 0.6) is 0 Å². The Balaban J connectivity index is 1.76. The van der Waals surface area contributed by atoms with Gasteiger partial charge in [0.1, 0.15) is 11.4 Å². The van der Waals surface area contributed by atoms with Crippen LogP contribution in [-0.2, 0) is 0 Å². The van der Waals surface area contributed by atoms with Crippen LogP contribution in [0.4, 0.5) is 11.4 Å². The first-order chi connectivity index (χ1) is 12.5. The molecule has 3 aromatic rings. The number of anilines is 2. The van der Waals surface area contributed by atoms with Gasteiger partial charge in [-0.1, -0.05) is 42.0 Å². The van der Waals surface area contributed by atoms with E-state index in [0.29, 0.717) is 5.69 Å². The van der Waals surface area contributed by atoms with Gasteiger partial charge in [0.05, 0.1) is 0 Å². The maximum Gasteiger partial charge on any atom is 0.274 e. The number of carbonyl (C=O) groups excluding carboxylic acids is 2. The highest BCUT2D eigenvalue weighted by molar-refractivity contribution is 6.06. The molecular weight excluding hydrogens is 326 g/mol. The minimum atomic E-state index is -0.364.